The number of likely N-dealkylation sites (tertiary alicyclic amines) is 1. The Kier molecular flexibility index (Phi) is 4.03. The third-order valence-corrected chi connectivity index (χ3v) is 3.51. The second-order valence-corrected chi connectivity index (χ2v) is 4.78. The highest BCUT2D eigenvalue weighted by molar-refractivity contribution is 6.32. The Morgan fingerprint density at radius 3 is 2.94 bits per heavy atom. The van der Waals surface area contributed by atoms with Crippen LogP contribution in [0.25, 0.3) is 0 Å². The number of pyridine rings is 1. The summed E-state index contributed by atoms with van der Waals surface area (Å²) in [5, 5.41) is 10.1. The van der Waals surface area contributed by atoms with Crippen molar-refractivity contribution in [2.75, 3.05) is 13.2 Å². The predicted molar refractivity (Wildman–Crippen MR) is 64.8 cm³/mol. The van der Waals surface area contributed by atoms with Gasteiger partial charge < -0.3 is 5.11 Å². The van der Waals surface area contributed by atoms with Gasteiger partial charge in [0.1, 0.15) is 10.3 Å². The minimum Gasteiger partial charge on any atom is -0.395 e. The van der Waals surface area contributed by atoms with Gasteiger partial charge in [-0.3, -0.25) is 4.90 Å². The van der Waals surface area contributed by atoms with Crippen molar-refractivity contribution in [2.45, 2.75) is 25.4 Å². The molecular weight excluding hydrogens is 247 g/mol. The van der Waals surface area contributed by atoms with Crippen molar-refractivity contribution in [3.8, 4) is 0 Å². The molecule has 1 aromatic heterocycles. The summed E-state index contributed by atoms with van der Waals surface area (Å²) in [6, 6.07) is 3.89. The van der Waals surface area contributed by atoms with Gasteiger partial charge in [-0.1, -0.05) is 29.3 Å². The van der Waals surface area contributed by atoms with Crippen LogP contribution in [0.4, 0.5) is 0 Å². The average Bonchev–Trinajstić information content (AvgIpc) is 2.69. The Hall–Kier alpha value is -0.350. The van der Waals surface area contributed by atoms with Crippen LogP contribution in [0.2, 0.25) is 10.3 Å². The fourth-order valence-electron chi connectivity index (χ4n) is 2.09. The molecule has 0 amide bonds. The molecular formula is C11H14Cl2N2O. The molecule has 2 rings (SSSR count). The number of aliphatic hydroxyl groups excluding tert-OH is 1. The van der Waals surface area contributed by atoms with E-state index in [0.717, 1.165) is 31.5 Å². The summed E-state index contributed by atoms with van der Waals surface area (Å²) in [6.07, 6.45) is 2.18. The van der Waals surface area contributed by atoms with E-state index in [9.17, 15) is 5.11 Å². The molecule has 0 unspecified atom stereocenters. The van der Waals surface area contributed by atoms with Crippen molar-refractivity contribution in [3.63, 3.8) is 0 Å². The number of aromatic nitrogens is 1. The van der Waals surface area contributed by atoms with Gasteiger partial charge in [-0.25, -0.2) is 4.98 Å². The van der Waals surface area contributed by atoms with Gasteiger partial charge in [-0.15, -0.1) is 0 Å². The van der Waals surface area contributed by atoms with Gasteiger partial charge in [0.2, 0.25) is 0 Å². The third-order valence-electron chi connectivity index (χ3n) is 2.98. The molecule has 1 saturated heterocycles. The maximum atomic E-state index is 9.22. The molecule has 1 aliphatic rings. The number of aliphatic hydroxyl groups is 1. The van der Waals surface area contributed by atoms with Crippen LogP contribution in [0.3, 0.4) is 0 Å². The first-order chi connectivity index (χ1) is 7.70. The standard InChI is InChI=1S/C11H14Cl2N2O/c12-10-4-3-8(11(13)14-10)6-15-5-1-2-9(15)7-16/h3-4,9,16H,1-2,5-7H2/t9-/m1/s1. The smallest absolute Gasteiger partial charge is 0.135 e. The lowest BCUT2D eigenvalue weighted by Crippen LogP contribution is -2.31. The molecule has 5 heteroatoms. The van der Waals surface area contributed by atoms with E-state index in [0.29, 0.717) is 10.3 Å². The molecule has 1 aliphatic heterocycles. The highest BCUT2D eigenvalue weighted by atomic mass is 35.5. The zero-order valence-corrected chi connectivity index (χ0v) is 10.4. The Bertz CT molecular complexity index is 373. The number of hydrogen-bond acceptors (Lipinski definition) is 3. The molecule has 3 nitrogen and oxygen atoms in total. The van der Waals surface area contributed by atoms with Crippen LogP contribution >= 0.6 is 23.2 Å². The second-order valence-electron chi connectivity index (χ2n) is 4.03. The lowest BCUT2D eigenvalue weighted by atomic mass is 10.2. The molecule has 0 spiro atoms. The maximum Gasteiger partial charge on any atom is 0.135 e. The average molecular weight is 261 g/mol. The van der Waals surface area contributed by atoms with Gasteiger partial charge in [-0.2, -0.15) is 0 Å². The Balaban J connectivity index is 2.08. The van der Waals surface area contributed by atoms with Crippen LogP contribution < -0.4 is 0 Å². The lowest BCUT2D eigenvalue weighted by molar-refractivity contribution is 0.153. The van der Waals surface area contributed by atoms with Gasteiger partial charge >= 0.3 is 0 Å². The summed E-state index contributed by atoms with van der Waals surface area (Å²) < 4.78 is 0. The van der Waals surface area contributed by atoms with Gasteiger partial charge in [0.25, 0.3) is 0 Å². The quantitative estimate of drug-likeness (QED) is 0.848. The predicted octanol–water partition coefficient (Wildman–Crippen LogP) is 2.35. The molecule has 0 saturated carbocycles. The fraction of sp³-hybridized carbons (Fsp3) is 0.545. The largest absolute Gasteiger partial charge is 0.395 e. The van der Waals surface area contributed by atoms with Crippen LogP contribution in [0, 0.1) is 0 Å². The molecule has 0 aliphatic carbocycles. The summed E-state index contributed by atoms with van der Waals surface area (Å²) in [5.41, 5.74) is 0.964. The molecule has 1 fully saturated rings. The van der Waals surface area contributed by atoms with E-state index in [2.05, 4.69) is 9.88 Å². The number of nitrogens with zero attached hydrogens (tertiary/aromatic N) is 2. The Labute approximate surface area is 105 Å². The van der Waals surface area contributed by atoms with E-state index < -0.39 is 0 Å². The summed E-state index contributed by atoms with van der Waals surface area (Å²) in [7, 11) is 0. The van der Waals surface area contributed by atoms with Gasteiger partial charge in [0, 0.05) is 18.2 Å². The minimum absolute atomic E-state index is 0.207. The van der Waals surface area contributed by atoms with Gasteiger partial charge in [-0.05, 0) is 25.5 Å². The minimum atomic E-state index is 0.207. The Morgan fingerprint density at radius 1 is 1.44 bits per heavy atom. The molecule has 1 aromatic rings. The number of hydrogen-bond donors (Lipinski definition) is 1. The first-order valence-corrected chi connectivity index (χ1v) is 6.12. The zero-order valence-electron chi connectivity index (χ0n) is 8.87. The van der Waals surface area contributed by atoms with E-state index in [4.69, 9.17) is 23.2 Å². The first-order valence-electron chi connectivity index (χ1n) is 5.36. The summed E-state index contributed by atoms with van der Waals surface area (Å²) >= 11 is 11.8. The second kappa shape index (κ2) is 5.32. The van der Waals surface area contributed by atoms with E-state index in [1.165, 1.54) is 0 Å². The highest BCUT2D eigenvalue weighted by Crippen LogP contribution is 2.23. The SMILES string of the molecule is OC[C@H]1CCCN1Cc1ccc(Cl)nc1Cl. The summed E-state index contributed by atoms with van der Waals surface area (Å²) in [6.45, 7) is 1.94. The topological polar surface area (TPSA) is 36.4 Å². The van der Waals surface area contributed by atoms with E-state index >= 15 is 0 Å². The first kappa shape index (κ1) is 12.1. The monoisotopic (exact) mass is 260 g/mol. The molecule has 2 heterocycles. The summed E-state index contributed by atoms with van der Waals surface area (Å²) in [5.74, 6) is 0. The molecule has 1 N–H and O–H groups in total. The van der Waals surface area contributed by atoms with E-state index in [-0.39, 0.29) is 12.6 Å². The highest BCUT2D eigenvalue weighted by Gasteiger charge is 2.24. The zero-order chi connectivity index (χ0) is 11.5. The van der Waals surface area contributed by atoms with Crippen molar-refractivity contribution in [2.24, 2.45) is 0 Å². The van der Waals surface area contributed by atoms with Crippen molar-refractivity contribution in [1.29, 1.82) is 0 Å². The Morgan fingerprint density at radius 2 is 2.25 bits per heavy atom. The lowest BCUT2D eigenvalue weighted by Gasteiger charge is -2.22. The van der Waals surface area contributed by atoms with Crippen molar-refractivity contribution in [3.05, 3.63) is 28.0 Å². The molecule has 0 bridgehead atoms. The van der Waals surface area contributed by atoms with Crippen LogP contribution in [0.15, 0.2) is 12.1 Å². The van der Waals surface area contributed by atoms with E-state index in [1.54, 1.807) is 6.07 Å². The molecule has 16 heavy (non-hydrogen) atoms. The van der Waals surface area contributed by atoms with Crippen LogP contribution in [0.1, 0.15) is 18.4 Å². The van der Waals surface area contributed by atoms with Crippen molar-refractivity contribution < 1.29 is 5.11 Å². The normalized spacial score (nSPS) is 21.6. The molecule has 88 valence electrons. The maximum absolute atomic E-state index is 9.22. The molecule has 0 aromatic carbocycles. The summed E-state index contributed by atoms with van der Waals surface area (Å²) in [4.78, 5) is 6.24. The van der Waals surface area contributed by atoms with Gasteiger partial charge in [0.15, 0.2) is 0 Å². The van der Waals surface area contributed by atoms with Crippen molar-refractivity contribution >= 4 is 23.2 Å². The van der Waals surface area contributed by atoms with Crippen LogP contribution in [-0.2, 0) is 6.54 Å². The van der Waals surface area contributed by atoms with Crippen LogP contribution in [-0.4, -0.2) is 34.2 Å². The number of rotatable bonds is 3. The van der Waals surface area contributed by atoms with E-state index in [1.807, 2.05) is 6.07 Å². The molecule has 1 atom stereocenters. The van der Waals surface area contributed by atoms with Crippen molar-refractivity contribution in [1.82, 2.24) is 9.88 Å². The third kappa shape index (κ3) is 2.66. The fourth-order valence-corrected chi connectivity index (χ4v) is 2.49. The van der Waals surface area contributed by atoms with Crippen LogP contribution in [0.5, 0.6) is 0 Å². The number of halogens is 2. The van der Waals surface area contributed by atoms with Gasteiger partial charge in [0.05, 0.1) is 6.61 Å². The molecule has 0 radical (unpaired) electrons.